The minimum absolute atomic E-state index is 0.163. The lowest BCUT2D eigenvalue weighted by Gasteiger charge is -2.18. The third-order valence-corrected chi connectivity index (χ3v) is 4.25. The third kappa shape index (κ3) is 3.00. The molecule has 110 valence electrons. The Labute approximate surface area is 133 Å². The first-order valence-electron chi connectivity index (χ1n) is 6.92. The van der Waals surface area contributed by atoms with Gasteiger partial charge in [-0.15, -0.1) is 0 Å². The van der Waals surface area contributed by atoms with Gasteiger partial charge in [0, 0.05) is 27.7 Å². The zero-order valence-corrected chi connectivity index (χ0v) is 13.7. The summed E-state index contributed by atoms with van der Waals surface area (Å²) in [5.41, 5.74) is 8.57. The molecule has 0 bridgehead atoms. The number of hydrogen-bond acceptors (Lipinski definition) is 3. The minimum atomic E-state index is -0.163. The van der Waals surface area contributed by atoms with E-state index in [2.05, 4.69) is 35.8 Å². The zero-order valence-electron chi connectivity index (χ0n) is 12.2. The Kier molecular flexibility index (Phi) is 3.57. The Morgan fingerprint density at radius 1 is 1.29 bits per heavy atom. The molecule has 1 aliphatic heterocycles. The van der Waals surface area contributed by atoms with Crippen molar-refractivity contribution in [1.29, 1.82) is 0 Å². The van der Waals surface area contributed by atoms with E-state index in [4.69, 9.17) is 15.2 Å². The average molecular weight is 348 g/mol. The van der Waals surface area contributed by atoms with Crippen LogP contribution in [0.5, 0.6) is 11.5 Å². The highest BCUT2D eigenvalue weighted by molar-refractivity contribution is 9.10. The summed E-state index contributed by atoms with van der Waals surface area (Å²) in [6.45, 7) is 4.65. The van der Waals surface area contributed by atoms with Crippen molar-refractivity contribution in [3.63, 3.8) is 0 Å². The van der Waals surface area contributed by atoms with Crippen molar-refractivity contribution in [2.45, 2.75) is 32.5 Å². The number of nitrogens with two attached hydrogens (primary N) is 1. The Morgan fingerprint density at radius 3 is 2.86 bits per heavy atom. The highest BCUT2D eigenvalue weighted by Gasteiger charge is 2.32. The van der Waals surface area contributed by atoms with E-state index in [-0.39, 0.29) is 5.60 Å². The van der Waals surface area contributed by atoms with Crippen molar-refractivity contribution in [2.75, 3.05) is 5.73 Å². The largest absolute Gasteiger partial charge is 0.485 e. The van der Waals surface area contributed by atoms with Gasteiger partial charge in [0.2, 0.25) is 0 Å². The molecule has 0 saturated heterocycles. The summed E-state index contributed by atoms with van der Waals surface area (Å²) in [6.07, 6.45) is 0.908. The van der Waals surface area contributed by atoms with Crippen LogP contribution in [-0.4, -0.2) is 5.60 Å². The maximum Gasteiger partial charge on any atom is 0.165 e. The van der Waals surface area contributed by atoms with Crippen LogP contribution in [0.15, 0.2) is 40.9 Å². The molecule has 0 radical (unpaired) electrons. The quantitative estimate of drug-likeness (QED) is 0.840. The number of hydrogen-bond donors (Lipinski definition) is 1. The van der Waals surface area contributed by atoms with Crippen LogP contribution in [0.3, 0.4) is 0 Å². The molecule has 3 rings (SSSR count). The molecular weight excluding hydrogens is 330 g/mol. The number of anilines is 1. The van der Waals surface area contributed by atoms with Gasteiger partial charge in [-0.05, 0) is 32.0 Å². The van der Waals surface area contributed by atoms with Crippen LogP contribution in [-0.2, 0) is 13.0 Å². The Morgan fingerprint density at radius 2 is 2.10 bits per heavy atom. The second-order valence-electron chi connectivity index (χ2n) is 5.92. The lowest BCUT2D eigenvalue weighted by atomic mass is 10.0. The first-order chi connectivity index (χ1) is 9.94. The predicted molar refractivity (Wildman–Crippen MR) is 87.7 cm³/mol. The maximum atomic E-state index is 6.01. The van der Waals surface area contributed by atoms with E-state index in [0.29, 0.717) is 6.61 Å². The maximum absolute atomic E-state index is 6.01. The first kappa shape index (κ1) is 14.3. The zero-order chi connectivity index (χ0) is 15.0. The first-order valence-corrected chi connectivity index (χ1v) is 7.71. The molecule has 0 aliphatic carbocycles. The molecular formula is C17H18BrNO2. The summed E-state index contributed by atoms with van der Waals surface area (Å²) >= 11 is 3.51. The van der Waals surface area contributed by atoms with Gasteiger partial charge in [-0.2, -0.15) is 0 Å². The molecule has 1 aliphatic rings. The van der Waals surface area contributed by atoms with Crippen molar-refractivity contribution in [3.05, 3.63) is 52.0 Å². The van der Waals surface area contributed by atoms with E-state index >= 15 is 0 Å². The van der Waals surface area contributed by atoms with Gasteiger partial charge >= 0.3 is 0 Å². The SMILES string of the molecule is CC1(C)Cc2cccc(OCc3ccc(N)cc3Br)c2O1. The smallest absolute Gasteiger partial charge is 0.165 e. The molecule has 0 saturated carbocycles. The summed E-state index contributed by atoms with van der Waals surface area (Å²) < 4.78 is 12.9. The van der Waals surface area contributed by atoms with Gasteiger partial charge in [-0.25, -0.2) is 0 Å². The van der Waals surface area contributed by atoms with Crippen molar-refractivity contribution in [3.8, 4) is 11.5 Å². The summed E-state index contributed by atoms with van der Waals surface area (Å²) in [7, 11) is 0. The molecule has 0 atom stereocenters. The number of para-hydroxylation sites is 1. The summed E-state index contributed by atoms with van der Waals surface area (Å²) in [4.78, 5) is 0. The van der Waals surface area contributed by atoms with E-state index in [0.717, 1.165) is 33.6 Å². The molecule has 0 spiro atoms. The molecule has 0 unspecified atom stereocenters. The molecule has 0 aromatic heterocycles. The average Bonchev–Trinajstić information content (AvgIpc) is 2.72. The summed E-state index contributed by atoms with van der Waals surface area (Å²) in [5.74, 6) is 1.66. The van der Waals surface area contributed by atoms with Gasteiger partial charge in [0.1, 0.15) is 12.2 Å². The molecule has 3 nitrogen and oxygen atoms in total. The van der Waals surface area contributed by atoms with Crippen LogP contribution in [0.2, 0.25) is 0 Å². The van der Waals surface area contributed by atoms with E-state index in [9.17, 15) is 0 Å². The van der Waals surface area contributed by atoms with Crippen LogP contribution in [0.25, 0.3) is 0 Å². The molecule has 4 heteroatoms. The topological polar surface area (TPSA) is 44.5 Å². The minimum Gasteiger partial charge on any atom is -0.485 e. The lowest BCUT2D eigenvalue weighted by Crippen LogP contribution is -2.24. The molecule has 0 amide bonds. The predicted octanol–water partition coefficient (Wildman–Crippen LogP) is 4.32. The molecule has 1 heterocycles. The van der Waals surface area contributed by atoms with Crippen LogP contribution in [0.4, 0.5) is 5.69 Å². The Balaban J connectivity index is 1.80. The van der Waals surface area contributed by atoms with E-state index in [1.165, 1.54) is 5.56 Å². The highest BCUT2D eigenvalue weighted by atomic mass is 79.9. The second kappa shape index (κ2) is 5.26. The van der Waals surface area contributed by atoms with E-state index in [1.807, 2.05) is 30.3 Å². The number of halogens is 1. The number of ether oxygens (including phenoxy) is 2. The van der Waals surface area contributed by atoms with Crippen molar-refractivity contribution in [2.24, 2.45) is 0 Å². The van der Waals surface area contributed by atoms with Crippen LogP contribution in [0, 0.1) is 0 Å². The van der Waals surface area contributed by atoms with Gasteiger partial charge in [0.05, 0.1) is 0 Å². The monoisotopic (exact) mass is 347 g/mol. The van der Waals surface area contributed by atoms with Gasteiger partial charge in [-0.3, -0.25) is 0 Å². The second-order valence-corrected chi connectivity index (χ2v) is 6.78. The Hall–Kier alpha value is -1.68. The highest BCUT2D eigenvalue weighted by Crippen LogP contribution is 2.42. The van der Waals surface area contributed by atoms with Crippen LogP contribution in [0.1, 0.15) is 25.0 Å². The molecule has 2 aromatic rings. The molecule has 2 aromatic carbocycles. The molecule has 0 fully saturated rings. The fourth-order valence-corrected chi connectivity index (χ4v) is 3.05. The normalized spacial score (nSPS) is 15.4. The molecule has 2 N–H and O–H groups in total. The van der Waals surface area contributed by atoms with Crippen LogP contribution < -0.4 is 15.2 Å². The van der Waals surface area contributed by atoms with E-state index in [1.54, 1.807) is 0 Å². The number of benzene rings is 2. The van der Waals surface area contributed by atoms with Crippen molar-refractivity contribution < 1.29 is 9.47 Å². The third-order valence-electron chi connectivity index (χ3n) is 3.52. The summed E-state index contributed by atoms with van der Waals surface area (Å²) in [6, 6.07) is 11.8. The van der Waals surface area contributed by atoms with Gasteiger partial charge in [0.15, 0.2) is 11.5 Å². The van der Waals surface area contributed by atoms with Crippen molar-refractivity contribution >= 4 is 21.6 Å². The van der Waals surface area contributed by atoms with Gasteiger partial charge < -0.3 is 15.2 Å². The molecule has 21 heavy (non-hydrogen) atoms. The number of rotatable bonds is 3. The number of fused-ring (bicyclic) bond motifs is 1. The Bertz CT molecular complexity index is 682. The van der Waals surface area contributed by atoms with E-state index < -0.39 is 0 Å². The van der Waals surface area contributed by atoms with Gasteiger partial charge in [-0.1, -0.05) is 34.1 Å². The van der Waals surface area contributed by atoms with Gasteiger partial charge in [0.25, 0.3) is 0 Å². The standard InChI is InChI=1S/C17H18BrNO2/c1-17(2)9-11-4-3-5-15(16(11)21-17)20-10-12-6-7-13(19)8-14(12)18/h3-8H,9-10,19H2,1-2H3. The van der Waals surface area contributed by atoms with Crippen LogP contribution >= 0.6 is 15.9 Å². The fraction of sp³-hybridized carbons (Fsp3) is 0.294. The lowest BCUT2D eigenvalue weighted by molar-refractivity contribution is 0.131. The fourth-order valence-electron chi connectivity index (χ4n) is 2.54. The van der Waals surface area contributed by atoms with Crippen molar-refractivity contribution in [1.82, 2.24) is 0 Å². The summed E-state index contributed by atoms with van der Waals surface area (Å²) in [5, 5.41) is 0. The number of nitrogen functional groups attached to an aromatic ring is 1.